The fourth-order valence-electron chi connectivity index (χ4n) is 2.65. The van der Waals surface area contributed by atoms with Crippen LogP contribution in [-0.4, -0.2) is 48.3 Å². The van der Waals surface area contributed by atoms with Crippen molar-refractivity contribution < 1.29 is 9.63 Å². The first-order chi connectivity index (χ1) is 9.74. The van der Waals surface area contributed by atoms with Crippen LogP contribution in [0, 0.1) is 0 Å². The summed E-state index contributed by atoms with van der Waals surface area (Å²) in [6.45, 7) is 4.40. The SMILES string of the molecule is C[C@@H]1CN(C(=O)C2CC(c3ccccc3)=NO2)CCN1.Cl. The Balaban J connectivity index is 0.00000161. The van der Waals surface area contributed by atoms with Crippen molar-refractivity contribution in [3.05, 3.63) is 35.9 Å². The zero-order valence-corrected chi connectivity index (χ0v) is 12.8. The molecule has 2 atom stereocenters. The highest BCUT2D eigenvalue weighted by Crippen LogP contribution is 2.19. The Hall–Kier alpha value is -1.59. The van der Waals surface area contributed by atoms with Gasteiger partial charge in [-0.05, 0) is 12.5 Å². The molecule has 0 aliphatic carbocycles. The van der Waals surface area contributed by atoms with Crippen molar-refractivity contribution in [2.24, 2.45) is 5.16 Å². The number of carbonyl (C=O) groups is 1. The second-order valence-corrected chi connectivity index (χ2v) is 5.34. The monoisotopic (exact) mass is 309 g/mol. The molecule has 5 nitrogen and oxygen atoms in total. The predicted octanol–water partition coefficient (Wildman–Crippen LogP) is 1.42. The van der Waals surface area contributed by atoms with E-state index in [9.17, 15) is 4.79 Å². The third kappa shape index (κ3) is 3.54. The van der Waals surface area contributed by atoms with Crippen LogP contribution in [0.5, 0.6) is 0 Å². The van der Waals surface area contributed by atoms with Gasteiger partial charge >= 0.3 is 0 Å². The van der Waals surface area contributed by atoms with Gasteiger partial charge in [-0.2, -0.15) is 0 Å². The molecule has 1 aromatic carbocycles. The fraction of sp³-hybridized carbons (Fsp3) is 0.467. The van der Waals surface area contributed by atoms with E-state index in [4.69, 9.17) is 4.84 Å². The van der Waals surface area contributed by atoms with Gasteiger partial charge in [0.05, 0.1) is 5.71 Å². The average Bonchev–Trinajstić information content (AvgIpc) is 2.97. The van der Waals surface area contributed by atoms with Crippen LogP contribution >= 0.6 is 12.4 Å². The van der Waals surface area contributed by atoms with E-state index in [1.807, 2.05) is 35.2 Å². The van der Waals surface area contributed by atoms with Gasteiger partial charge in [0, 0.05) is 32.1 Å². The van der Waals surface area contributed by atoms with E-state index in [1.165, 1.54) is 0 Å². The summed E-state index contributed by atoms with van der Waals surface area (Å²) in [4.78, 5) is 19.6. The zero-order chi connectivity index (χ0) is 13.9. The number of rotatable bonds is 2. The van der Waals surface area contributed by atoms with E-state index in [0.717, 1.165) is 30.9 Å². The molecule has 1 fully saturated rings. The van der Waals surface area contributed by atoms with Crippen LogP contribution in [0.1, 0.15) is 18.9 Å². The van der Waals surface area contributed by atoms with Crippen molar-refractivity contribution in [3.63, 3.8) is 0 Å². The molecule has 2 heterocycles. The summed E-state index contributed by atoms with van der Waals surface area (Å²) < 4.78 is 0. The minimum absolute atomic E-state index is 0. The quantitative estimate of drug-likeness (QED) is 0.899. The number of nitrogens with one attached hydrogen (secondary N) is 1. The Bertz CT molecular complexity index is 521. The first-order valence-corrected chi connectivity index (χ1v) is 7.04. The van der Waals surface area contributed by atoms with Gasteiger partial charge in [-0.3, -0.25) is 4.79 Å². The number of hydrogen-bond acceptors (Lipinski definition) is 4. The number of halogens is 1. The van der Waals surface area contributed by atoms with Gasteiger partial charge in [-0.1, -0.05) is 35.5 Å². The molecule has 3 rings (SSSR count). The highest BCUT2D eigenvalue weighted by Gasteiger charge is 2.33. The third-order valence-electron chi connectivity index (χ3n) is 3.73. The van der Waals surface area contributed by atoms with Crippen molar-refractivity contribution in [1.82, 2.24) is 10.2 Å². The van der Waals surface area contributed by atoms with Crippen molar-refractivity contribution in [2.75, 3.05) is 19.6 Å². The van der Waals surface area contributed by atoms with Crippen LogP contribution in [0.2, 0.25) is 0 Å². The Labute approximate surface area is 130 Å². The van der Waals surface area contributed by atoms with Gasteiger partial charge in [0.2, 0.25) is 6.10 Å². The predicted molar refractivity (Wildman–Crippen MR) is 83.8 cm³/mol. The van der Waals surface area contributed by atoms with E-state index in [0.29, 0.717) is 12.5 Å². The summed E-state index contributed by atoms with van der Waals surface area (Å²) >= 11 is 0. The molecule has 1 saturated heterocycles. The lowest BCUT2D eigenvalue weighted by Crippen LogP contribution is -2.53. The lowest BCUT2D eigenvalue weighted by Gasteiger charge is -2.32. The van der Waals surface area contributed by atoms with Crippen molar-refractivity contribution in [2.45, 2.75) is 25.5 Å². The molecular formula is C15H20ClN3O2. The third-order valence-corrected chi connectivity index (χ3v) is 3.73. The highest BCUT2D eigenvalue weighted by molar-refractivity contribution is 6.04. The van der Waals surface area contributed by atoms with E-state index < -0.39 is 6.10 Å². The molecule has 2 aliphatic rings. The van der Waals surface area contributed by atoms with E-state index >= 15 is 0 Å². The molecule has 0 spiro atoms. The molecular weight excluding hydrogens is 290 g/mol. The number of piperazine rings is 1. The lowest BCUT2D eigenvalue weighted by atomic mass is 10.0. The molecule has 2 aliphatic heterocycles. The number of oxime groups is 1. The molecule has 1 aromatic rings. The van der Waals surface area contributed by atoms with Crippen molar-refractivity contribution in [1.29, 1.82) is 0 Å². The Morgan fingerprint density at radius 1 is 1.38 bits per heavy atom. The largest absolute Gasteiger partial charge is 0.382 e. The molecule has 21 heavy (non-hydrogen) atoms. The maximum absolute atomic E-state index is 12.4. The van der Waals surface area contributed by atoms with Gasteiger partial charge in [0.15, 0.2) is 0 Å². The maximum Gasteiger partial charge on any atom is 0.267 e. The number of carbonyl (C=O) groups excluding carboxylic acids is 1. The standard InChI is InChI=1S/C15H19N3O2.ClH/c1-11-10-18(8-7-16-11)15(19)14-9-13(17-20-14)12-5-3-2-4-6-12;/h2-6,11,14,16H,7-10H2,1H3;1H/t11-,14?;/m1./s1. The van der Waals surface area contributed by atoms with Gasteiger partial charge in [0.1, 0.15) is 0 Å². The van der Waals surface area contributed by atoms with Crippen LogP contribution in [0.15, 0.2) is 35.5 Å². The van der Waals surface area contributed by atoms with E-state index in [2.05, 4.69) is 17.4 Å². The molecule has 0 aromatic heterocycles. The first-order valence-electron chi connectivity index (χ1n) is 7.04. The van der Waals surface area contributed by atoms with Crippen LogP contribution < -0.4 is 5.32 Å². The molecule has 6 heteroatoms. The Morgan fingerprint density at radius 2 is 2.14 bits per heavy atom. The Kier molecular flexibility index (Phi) is 5.20. The smallest absolute Gasteiger partial charge is 0.267 e. The van der Waals surface area contributed by atoms with Crippen molar-refractivity contribution in [3.8, 4) is 0 Å². The summed E-state index contributed by atoms with van der Waals surface area (Å²) in [5, 5.41) is 7.40. The van der Waals surface area contributed by atoms with E-state index in [1.54, 1.807) is 0 Å². The van der Waals surface area contributed by atoms with Gasteiger partial charge < -0.3 is 15.1 Å². The summed E-state index contributed by atoms with van der Waals surface area (Å²) in [6.07, 6.45) is 0.0942. The van der Waals surface area contributed by atoms with Crippen LogP contribution in [0.3, 0.4) is 0 Å². The molecule has 0 saturated carbocycles. The number of nitrogens with zero attached hydrogens (tertiary/aromatic N) is 2. The minimum Gasteiger partial charge on any atom is -0.382 e. The average molecular weight is 310 g/mol. The normalized spacial score (nSPS) is 24.8. The van der Waals surface area contributed by atoms with Crippen molar-refractivity contribution >= 4 is 24.0 Å². The van der Waals surface area contributed by atoms with Crippen LogP contribution in [-0.2, 0) is 9.63 Å². The second-order valence-electron chi connectivity index (χ2n) is 5.34. The number of amides is 1. The van der Waals surface area contributed by atoms with Gasteiger partial charge in [0.25, 0.3) is 5.91 Å². The number of benzene rings is 1. The number of hydrogen-bond donors (Lipinski definition) is 1. The van der Waals surface area contributed by atoms with Gasteiger partial charge in [-0.15, -0.1) is 12.4 Å². The highest BCUT2D eigenvalue weighted by atomic mass is 35.5. The minimum atomic E-state index is -0.462. The van der Waals surface area contributed by atoms with Gasteiger partial charge in [-0.25, -0.2) is 0 Å². The zero-order valence-electron chi connectivity index (χ0n) is 12.0. The van der Waals surface area contributed by atoms with E-state index in [-0.39, 0.29) is 18.3 Å². The first kappa shape index (κ1) is 15.8. The topological polar surface area (TPSA) is 53.9 Å². The molecule has 0 bridgehead atoms. The molecule has 0 radical (unpaired) electrons. The second kappa shape index (κ2) is 6.91. The molecule has 1 N–H and O–H groups in total. The maximum atomic E-state index is 12.4. The molecule has 1 amide bonds. The summed E-state index contributed by atoms with van der Waals surface area (Å²) in [7, 11) is 0. The summed E-state index contributed by atoms with van der Waals surface area (Å²) in [6, 6.07) is 10.2. The van der Waals surface area contributed by atoms with Crippen LogP contribution in [0.4, 0.5) is 0 Å². The lowest BCUT2D eigenvalue weighted by molar-refractivity contribution is -0.143. The molecule has 1 unspecified atom stereocenters. The fourth-order valence-corrected chi connectivity index (χ4v) is 2.65. The Morgan fingerprint density at radius 3 is 2.86 bits per heavy atom. The molecule has 114 valence electrons. The summed E-state index contributed by atoms with van der Waals surface area (Å²) in [5.41, 5.74) is 1.88. The van der Waals surface area contributed by atoms with Crippen LogP contribution in [0.25, 0.3) is 0 Å². The summed E-state index contributed by atoms with van der Waals surface area (Å²) in [5.74, 6) is 0.0491.